The van der Waals surface area contributed by atoms with Crippen LogP contribution in [0, 0.1) is 0 Å². The van der Waals surface area contributed by atoms with Gasteiger partial charge in [-0.2, -0.15) is 0 Å². The number of esters is 1. The molecule has 1 fully saturated rings. The van der Waals surface area contributed by atoms with E-state index in [-0.39, 0.29) is 11.0 Å². The number of carbonyl (C=O) groups excluding carboxylic acids is 2. The molecule has 0 saturated carbocycles. The fraction of sp³-hybridized carbons (Fsp3) is 0.273. The van der Waals surface area contributed by atoms with Crippen LogP contribution in [-0.2, 0) is 19.8 Å². The molecule has 9 heteroatoms. The smallest absolute Gasteiger partial charge is 0.348 e. The zero-order valence-electron chi connectivity index (χ0n) is 16.7. The average Bonchev–Trinajstić information content (AvgIpc) is 3.15. The first-order valence-corrected chi connectivity index (χ1v) is 10.5. The number of thiophene rings is 1. The predicted molar refractivity (Wildman–Crippen MR) is 116 cm³/mol. The number of rotatable bonds is 4. The Morgan fingerprint density at radius 3 is 2.52 bits per heavy atom. The SMILES string of the molecule is COC(=O)c1sc2c(N)ccc3c2c1C(N)C(=O)C3(N)c1ccc(OC2COC2)cc1. The molecular formula is C22H21N3O5S. The Morgan fingerprint density at radius 2 is 1.90 bits per heavy atom. The molecule has 1 aliphatic carbocycles. The van der Waals surface area contributed by atoms with Crippen molar-refractivity contribution in [2.45, 2.75) is 17.7 Å². The molecule has 0 spiro atoms. The van der Waals surface area contributed by atoms with Crippen LogP contribution in [0.3, 0.4) is 0 Å². The summed E-state index contributed by atoms with van der Waals surface area (Å²) in [6, 6.07) is 9.41. The summed E-state index contributed by atoms with van der Waals surface area (Å²) in [5.74, 6) is -0.300. The molecule has 0 radical (unpaired) electrons. The molecule has 160 valence electrons. The molecule has 1 saturated heterocycles. The predicted octanol–water partition coefficient (Wildman–Crippen LogP) is 1.83. The van der Waals surface area contributed by atoms with E-state index in [9.17, 15) is 9.59 Å². The third-order valence-electron chi connectivity index (χ3n) is 5.90. The van der Waals surface area contributed by atoms with E-state index in [4.69, 9.17) is 31.4 Å². The van der Waals surface area contributed by atoms with Gasteiger partial charge >= 0.3 is 5.97 Å². The summed E-state index contributed by atoms with van der Waals surface area (Å²) in [7, 11) is 1.28. The Kier molecular flexibility index (Phi) is 4.52. The Labute approximate surface area is 181 Å². The molecular weight excluding hydrogens is 418 g/mol. The van der Waals surface area contributed by atoms with Gasteiger partial charge in [-0.05, 0) is 29.3 Å². The fourth-order valence-electron chi connectivity index (χ4n) is 4.19. The number of methoxy groups -OCH3 is 1. The van der Waals surface area contributed by atoms with Crippen molar-refractivity contribution in [1.29, 1.82) is 0 Å². The molecule has 31 heavy (non-hydrogen) atoms. The van der Waals surface area contributed by atoms with Crippen molar-refractivity contribution in [3.8, 4) is 5.75 Å². The maximum atomic E-state index is 13.5. The van der Waals surface area contributed by atoms with Crippen LogP contribution in [0.5, 0.6) is 5.75 Å². The van der Waals surface area contributed by atoms with E-state index < -0.39 is 23.3 Å². The fourth-order valence-corrected chi connectivity index (χ4v) is 5.41. The highest BCUT2D eigenvalue weighted by atomic mass is 32.1. The van der Waals surface area contributed by atoms with Crippen LogP contribution in [0.2, 0.25) is 0 Å². The highest BCUT2D eigenvalue weighted by Crippen LogP contribution is 2.49. The number of nitrogen functional groups attached to an aromatic ring is 1. The largest absolute Gasteiger partial charge is 0.486 e. The Hall–Kier alpha value is -2.98. The second kappa shape index (κ2) is 7.03. The van der Waals surface area contributed by atoms with Gasteiger partial charge in [0.15, 0.2) is 5.78 Å². The minimum Gasteiger partial charge on any atom is -0.486 e. The number of ketones is 1. The third kappa shape index (κ3) is 2.78. The number of hydrogen-bond donors (Lipinski definition) is 3. The number of benzene rings is 2. The van der Waals surface area contributed by atoms with Gasteiger partial charge in [-0.25, -0.2) is 4.79 Å². The standard InChI is InChI=1S/C22H21N3O5S/c1-28-21(27)19-16-15-13(6-7-14(23)18(15)31-19)22(25,20(26)17(16)24)10-2-4-11(5-3-10)30-12-8-29-9-12/h2-7,12,17H,8-9,23-25H2,1H3. The molecule has 1 aromatic heterocycles. The normalized spacial score (nSPS) is 22.9. The topological polar surface area (TPSA) is 140 Å². The average molecular weight is 439 g/mol. The molecule has 2 unspecified atom stereocenters. The summed E-state index contributed by atoms with van der Waals surface area (Å²) >= 11 is 1.16. The van der Waals surface area contributed by atoms with Crippen LogP contribution in [-0.4, -0.2) is 38.2 Å². The molecule has 2 atom stereocenters. The van der Waals surface area contributed by atoms with Crippen LogP contribution >= 0.6 is 11.3 Å². The zero-order valence-corrected chi connectivity index (χ0v) is 17.5. The van der Waals surface area contributed by atoms with Crippen molar-refractivity contribution in [1.82, 2.24) is 0 Å². The van der Waals surface area contributed by atoms with Gasteiger partial charge in [-0.15, -0.1) is 11.3 Å². The van der Waals surface area contributed by atoms with E-state index in [0.29, 0.717) is 51.4 Å². The molecule has 2 aliphatic rings. The lowest BCUT2D eigenvalue weighted by Gasteiger charge is -2.36. The maximum absolute atomic E-state index is 13.5. The quantitative estimate of drug-likeness (QED) is 0.413. The summed E-state index contributed by atoms with van der Waals surface area (Å²) in [6.45, 7) is 1.12. The summed E-state index contributed by atoms with van der Waals surface area (Å²) in [4.78, 5) is 26.2. The van der Waals surface area contributed by atoms with Crippen molar-refractivity contribution < 1.29 is 23.8 Å². The van der Waals surface area contributed by atoms with E-state index in [0.717, 1.165) is 11.3 Å². The van der Waals surface area contributed by atoms with E-state index in [1.165, 1.54) is 7.11 Å². The molecule has 2 aromatic carbocycles. The van der Waals surface area contributed by atoms with Crippen LogP contribution in [0.1, 0.15) is 32.4 Å². The lowest BCUT2D eigenvalue weighted by Crippen LogP contribution is -2.52. The van der Waals surface area contributed by atoms with E-state index in [1.807, 2.05) is 0 Å². The third-order valence-corrected chi connectivity index (χ3v) is 7.14. The Morgan fingerprint density at radius 1 is 1.19 bits per heavy atom. The minimum atomic E-state index is -1.50. The van der Waals surface area contributed by atoms with Gasteiger partial charge < -0.3 is 31.4 Å². The van der Waals surface area contributed by atoms with Crippen molar-refractivity contribution >= 4 is 38.9 Å². The van der Waals surface area contributed by atoms with Crippen molar-refractivity contribution in [3.63, 3.8) is 0 Å². The lowest BCUT2D eigenvalue weighted by atomic mass is 9.70. The Bertz CT molecular complexity index is 1220. The molecule has 0 bridgehead atoms. The van der Waals surface area contributed by atoms with Crippen LogP contribution in [0.25, 0.3) is 10.1 Å². The van der Waals surface area contributed by atoms with Crippen molar-refractivity contribution in [3.05, 3.63) is 58.0 Å². The lowest BCUT2D eigenvalue weighted by molar-refractivity contribution is -0.124. The van der Waals surface area contributed by atoms with E-state index in [2.05, 4.69) is 0 Å². The summed E-state index contributed by atoms with van der Waals surface area (Å²) < 4.78 is 16.5. The van der Waals surface area contributed by atoms with Gasteiger partial charge in [0.05, 0.1) is 31.1 Å². The molecule has 6 N–H and O–H groups in total. The second-order valence-electron chi connectivity index (χ2n) is 7.69. The number of Topliss-reactive ketones (excluding diaryl/α,β-unsaturated/α-hetero) is 1. The highest BCUT2D eigenvalue weighted by molar-refractivity contribution is 7.21. The first kappa shape index (κ1) is 20.0. The van der Waals surface area contributed by atoms with Gasteiger partial charge in [0, 0.05) is 16.6 Å². The monoisotopic (exact) mass is 439 g/mol. The maximum Gasteiger partial charge on any atom is 0.348 e. The number of ether oxygens (including phenoxy) is 3. The number of carbonyl (C=O) groups is 2. The van der Waals surface area contributed by atoms with Crippen LogP contribution < -0.4 is 21.9 Å². The molecule has 2 heterocycles. The summed E-state index contributed by atoms with van der Waals surface area (Å²) in [5, 5.41) is 0.645. The van der Waals surface area contributed by atoms with Crippen molar-refractivity contribution in [2.75, 3.05) is 26.1 Å². The minimum absolute atomic E-state index is 0.0317. The van der Waals surface area contributed by atoms with Crippen LogP contribution in [0.4, 0.5) is 5.69 Å². The number of hydrogen-bond acceptors (Lipinski definition) is 9. The molecule has 8 nitrogen and oxygen atoms in total. The van der Waals surface area contributed by atoms with Gasteiger partial charge in [0.25, 0.3) is 0 Å². The van der Waals surface area contributed by atoms with Gasteiger partial charge in [0.2, 0.25) is 0 Å². The number of anilines is 1. The van der Waals surface area contributed by atoms with Crippen molar-refractivity contribution in [2.24, 2.45) is 11.5 Å². The first-order chi connectivity index (χ1) is 14.9. The van der Waals surface area contributed by atoms with Gasteiger partial charge in [0.1, 0.15) is 22.3 Å². The molecule has 1 aliphatic heterocycles. The molecule has 3 aromatic rings. The molecule has 5 rings (SSSR count). The van der Waals surface area contributed by atoms with E-state index in [1.54, 1.807) is 36.4 Å². The molecule has 0 amide bonds. The second-order valence-corrected chi connectivity index (χ2v) is 8.72. The van der Waals surface area contributed by atoms with Gasteiger partial charge in [-0.3, -0.25) is 4.79 Å². The first-order valence-electron chi connectivity index (χ1n) is 9.73. The Balaban J connectivity index is 1.68. The van der Waals surface area contributed by atoms with E-state index >= 15 is 0 Å². The summed E-state index contributed by atoms with van der Waals surface area (Å²) in [6.07, 6.45) is 0.0317. The number of nitrogens with two attached hydrogens (primary N) is 3. The highest BCUT2D eigenvalue weighted by Gasteiger charge is 2.48. The van der Waals surface area contributed by atoms with Crippen LogP contribution in [0.15, 0.2) is 36.4 Å². The zero-order chi connectivity index (χ0) is 21.9. The summed E-state index contributed by atoms with van der Waals surface area (Å²) in [5.41, 5.74) is 19.9. The van der Waals surface area contributed by atoms with Gasteiger partial charge in [-0.1, -0.05) is 18.2 Å².